The van der Waals surface area contributed by atoms with Crippen LogP contribution in [0.5, 0.6) is 5.75 Å². The van der Waals surface area contributed by atoms with Crippen molar-refractivity contribution < 1.29 is 44.2 Å². The van der Waals surface area contributed by atoms with Gasteiger partial charge in [0.15, 0.2) is 0 Å². The molecule has 0 aliphatic rings. The minimum atomic E-state index is -1.26. The first-order valence-corrected chi connectivity index (χ1v) is 5.12. The van der Waals surface area contributed by atoms with Crippen LogP contribution in [0.15, 0.2) is 18.2 Å². The van der Waals surface area contributed by atoms with E-state index in [1.54, 1.807) is 13.0 Å². The number of carbonyl (C=O) groups is 1. The van der Waals surface area contributed by atoms with Crippen molar-refractivity contribution >= 4 is 29.2 Å². The smallest absolute Gasteiger partial charge is 0.546 e. The average Bonchev–Trinajstić information content (AvgIpc) is 2.16. The minimum absolute atomic E-state index is 0. The summed E-state index contributed by atoms with van der Waals surface area (Å²) in [4.78, 5) is 10.6. The van der Waals surface area contributed by atoms with E-state index >= 15 is 0 Å². The van der Waals surface area contributed by atoms with Crippen molar-refractivity contribution in [1.29, 1.82) is 0 Å². The second-order valence-electron chi connectivity index (χ2n) is 2.91. The summed E-state index contributed by atoms with van der Waals surface area (Å²) in [6.45, 7) is 1.68. The van der Waals surface area contributed by atoms with Crippen LogP contribution in [-0.2, 0) is 4.79 Å². The van der Waals surface area contributed by atoms with Crippen LogP contribution in [0.3, 0.4) is 0 Å². The van der Waals surface area contributed by atoms with E-state index < -0.39 is 12.1 Å². The van der Waals surface area contributed by atoms with Gasteiger partial charge < -0.3 is 14.6 Å². The fourth-order valence-corrected chi connectivity index (χ4v) is 1.48. The number of ether oxygens (including phenoxy) is 1. The molecule has 1 rings (SSSR count). The van der Waals surface area contributed by atoms with Crippen molar-refractivity contribution in [2.24, 2.45) is 0 Å². The van der Waals surface area contributed by atoms with E-state index in [0.717, 1.165) is 0 Å². The first-order chi connectivity index (χ1) is 7.04. The molecule has 0 heterocycles. The van der Waals surface area contributed by atoms with Gasteiger partial charge in [0.2, 0.25) is 0 Å². The zero-order chi connectivity index (χ0) is 11.4. The SMILES string of the molecule is CCC(Oc1ccc(Cl)cc1Cl)C(=O)[O-].[Na+]. The predicted octanol–water partition coefficient (Wildman–Crippen LogP) is -1.10. The third-order valence-electron chi connectivity index (χ3n) is 1.80. The van der Waals surface area contributed by atoms with Gasteiger partial charge >= 0.3 is 29.6 Å². The number of hydrogen-bond donors (Lipinski definition) is 0. The summed E-state index contributed by atoms with van der Waals surface area (Å²) in [6.07, 6.45) is -0.690. The molecule has 0 fully saturated rings. The first-order valence-electron chi connectivity index (χ1n) is 4.37. The molecule has 0 radical (unpaired) electrons. The maximum absolute atomic E-state index is 10.6. The molecule has 1 aromatic carbocycles. The molecule has 0 amide bonds. The molecule has 0 spiro atoms. The van der Waals surface area contributed by atoms with Crippen LogP contribution >= 0.6 is 23.2 Å². The number of carbonyl (C=O) groups excluding carboxylic acids is 1. The van der Waals surface area contributed by atoms with E-state index in [0.29, 0.717) is 11.4 Å². The monoisotopic (exact) mass is 270 g/mol. The Morgan fingerprint density at radius 3 is 2.56 bits per heavy atom. The first kappa shape index (κ1) is 16.1. The molecule has 1 unspecified atom stereocenters. The number of rotatable bonds is 4. The Labute approximate surface area is 126 Å². The molecular weight excluding hydrogens is 262 g/mol. The largest absolute Gasteiger partial charge is 1.00 e. The number of benzene rings is 1. The molecule has 1 aromatic rings. The van der Waals surface area contributed by atoms with Crippen LogP contribution in [0.2, 0.25) is 10.0 Å². The fourth-order valence-electron chi connectivity index (χ4n) is 1.02. The molecule has 1 atom stereocenters. The number of carboxylic acids is 1. The Kier molecular flexibility index (Phi) is 7.44. The summed E-state index contributed by atoms with van der Waals surface area (Å²) in [5.74, 6) is -0.972. The van der Waals surface area contributed by atoms with Crippen molar-refractivity contribution in [3.8, 4) is 5.75 Å². The van der Waals surface area contributed by atoms with E-state index in [2.05, 4.69) is 0 Å². The molecule has 0 bridgehead atoms. The topological polar surface area (TPSA) is 49.4 Å². The predicted molar refractivity (Wildman–Crippen MR) is 56.2 cm³/mol. The van der Waals surface area contributed by atoms with Crippen molar-refractivity contribution in [3.63, 3.8) is 0 Å². The van der Waals surface area contributed by atoms with Gasteiger partial charge in [-0.1, -0.05) is 30.1 Å². The van der Waals surface area contributed by atoms with Crippen LogP contribution in [0.4, 0.5) is 0 Å². The third kappa shape index (κ3) is 4.52. The van der Waals surface area contributed by atoms with Crippen molar-refractivity contribution in [1.82, 2.24) is 0 Å². The molecule has 0 N–H and O–H groups in total. The van der Waals surface area contributed by atoms with Gasteiger partial charge in [0.05, 0.1) is 11.0 Å². The third-order valence-corrected chi connectivity index (χ3v) is 2.33. The Hall–Kier alpha value is 0.0700. The molecular formula is C10H9Cl2NaO3. The van der Waals surface area contributed by atoms with Crippen LogP contribution in [0.1, 0.15) is 13.3 Å². The standard InChI is InChI=1S/C10H10Cl2O3.Na/c1-2-8(10(13)14)15-9-4-3-6(11)5-7(9)12;/h3-5,8H,2H2,1H3,(H,13,14);/q;+1/p-1. The number of hydrogen-bond acceptors (Lipinski definition) is 3. The normalized spacial score (nSPS) is 11.4. The van der Waals surface area contributed by atoms with Crippen LogP contribution in [-0.4, -0.2) is 12.1 Å². The quantitative estimate of drug-likeness (QED) is 0.653. The van der Waals surface area contributed by atoms with Gasteiger partial charge in [-0.25, -0.2) is 0 Å². The maximum atomic E-state index is 10.6. The van der Waals surface area contributed by atoms with E-state index in [4.69, 9.17) is 27.9 Å². The van der Waals surface area contributed by atoms with Gasteiger partial charge in [-0.05, 0) is 24.6 Å². The van der Waals surface area contributed by atoms with Crippen molar-refractivity contribution in [3.05, 3.63) is 28.2 Å². The summed E-state index contributed by atoms with van der Waals surface area (Å²) >= 11 is 11.5. The van der Waals surface area contributed by atoms with Crippen LogP contribution in [0.25, 0.3) is 0 Å². The fraction of sp³-hybridized carbons (Fsp3) is 0.300. The summed E-state index contributed by atoms with van der Waals surface area (Å²) in [5.41, 5.74) is 0. The van der Waals surface area contributed by atoms with Crippen LogP contribution in [0, 0.1) is 0 Å². The Morgan fingerprint density at radius 2 is 2.12 bits per heavy atom. The summed E-state index contributed by atoms with van der Waals surface area (Å²) in [6, 6.07) is 4.58. The Morgan fingerprint density at radius 1 is 1.50 bits per heavy atom. The summed E-state index contributed by atoms with van der Waals surface area (Å²) in [5, 5.41) is 11.4. The Bertz CT molecular complexity index is 371. The van der Waals surface area contributed by atoms with Gasteiger partial charge in [0, 0.05) is 5.02 Å². The Balaban J connectivity index is 0.00000225. The van der Waals surface area contributed by atoms with E-state index in [1.165, 1.54) is 12.1 Å². The van der Waals surface area contributed by atoms with E-state index in [-0.39, 0.29) is 40.3 Å². The molecule has 16 heavy (non-hydrogen) atoms. The van der Waals surface area contributed by atoms with Crippen molar-refractivity contribution in [2.45, 2.75) is 19.4 Å². The zero-order valence-electron chi connectivity index (χ0n) is 9.00. The molecule has 0 saturated carbocycles. The second kappa shape index (κ2) is 7.41. The molecule has 3 nitrogen and oxygen atoms in total. The molecule has 0 aromatic heterocycles. The van der Waals surface area contributed by atoms with Crippen molar-refractivity contribution in [2.75, 3.05) is 0 Å². The molecule has 6 heteroatoms. The van der Waals surface area contributed by atoms with Crippen LogP contribution < -0.4 is 39.4 Å². The molecule has 0 saturated heterocycles. The van der Waals surface area contributed by atoms with E-state index in [9.17, 15) is 9.90 Å². The minimum Gasteiger partial charge on any atom is -0.546 e. The molecule has 82 valence electrons. The van der Waals surface area contributed by atoms with Gasteiger partial charge in [-0.3, -0.25) is 0 Å². The van der Waals surface area contributed by atoms with E-state index in [1.807, 2.05) is 0 Å². The zero-order valence-corrected chi connectivity index (χ0v) is 12.5. The van der Waals surface area contributed by atoms with Gasteiger partial charge in [-0.15, -0.1) is 0 Å². The number of aliphatic carboxylic acids is 1. The summed E-state index contributed by atoms with van der Waals surface area (Å²) in [7, 11) is 0. The second-order valence-corrected chi connectivity index (χ2v) is 3.75. The molecule has 0 aliphatic heterocycles. The molecule has 0 aliphatic carbocycles. The summed E-state index contributed by atoms with van der Waals surface area (Å²) < 4.78 is 5.16. The maximum Gasteiger partial charge on any atom is 1.00 e. The number of halogens is 2. The van der Waals surface area contributed by atoms with Gasteiger partial charge in [-0.2, -0.15) is 0 Å². The average molecular weight is 271 g/mol. The van der Waals surface area contributed by atoms with Gasteiger partial charge in [0.25, 0.3) is 0 Å². The number of carboxylic acid groups (broad SMARTS) is 1. The van der Waals surface area contributed by atoms with Gasteiger partial charge in [0.1, 0.15) is 11.9 Å².